The molecule has 3 aromatic rings. The second-order valence-electron chi connectivity index (χ2n) is 5.72. The molecule has 0 spiro atoms. The third kappa shape index (κ3) is 3.45. The second kappa shape index (κ2) is 7.09. The minimum absolute atomic E-state index is 0.0380. The van der Waals surface area contributed by atoms with Gasteiger partial charge >= 0.3 is 0 Å². The zero-order chi connectivity index (χ0) is 18.9. The first-order valence-corrected chi connectivity index (χ1v) is 9.93. The van der Waals surface area contributed by atoms with Crippen LogP contribution in [0.15, 0.2) is 52.4 Å². The summed E-state index contributed by atoms with van der Waals surface area (Å²) >= 11 is 6.04. The molecule has 0 saturated heterocycles. The first-order valence-electron chi connectivity index (χ1n) is 7.90. The maximum atomic E-state index is 12.8. The third-order valence-electron chi connectivity index (χ3n) is 4.11. The monoisotopic (exact) mass is 392 g/mol. The van der Waals surface area contributed by atoms with Gasteiger partial charge in [0.05, 0.1) is 41.5 Å². The number of fused-ring (bicyclic) bond motifs is 1. The van der Waals surface area contributed by atoms with E-state index in [-0.39, 0.29) is 22.8 Å². The zero-order valence-electron chi connectivity index (χ0n) is 14.3. The molecule has 0 atom stereocenters. The summed E-state index contributed by atoms with van der Waals surface area (Å²) in [4.78, 5) is 17.2. The van der Waals surface area contributed by atoms with Crippen LogP contribution < -0.4 is 10.3 Å². The number of halogens is 1. The highest BCUT2D eigenvalue weighted by atomic mass is 35.5. The van der Waals surface area contributed by atoms with Gasteiger partial charge in [0, 0.05) is 5.02 Å². The van der Waals surface area contributed by atoms with E-state index in [1.807, 2.05) is 0 Å². The summed E-state index contributed by atoms with van der Waals surface area (Å²) in [6, 6.07) is 9.60. The summed E-state index contributed by atoms with van der Waals surface area (Å²) in [7, 11) is -1.93. The van der Waals surface area contributed by atoms with Crippen molar-refractivity contribution in [1.82, 2.24) is 9.55 Å². The summed E-state index contributed by atoms with van der Waals surface area (Å²) < 4.78 is 31.2. The van der Waals surface area contributed by atoms with Crippen LogP contribution >= 0.6 is 11.6 Å². The van der Waals surface area contributed by atoms with Crippen LogP contribution in [0.1, 0.15) is 12.5 Å². The van der Waals surface area contributed by atoms with Crippen LogP contribution in [-0.2, 0) is 16.4 Å². The van der Waals surface area contributed by atoms with Crippen molar-refractivity contribution in [3.05, 3.63) is 63.7 Å². The van der Waals surface area contributed by atoms with Crippen molar-refractivity contribution < 1.29 is 13.2 Å². The lowest BCUT2D eigenvalue weighted by Crippen LogP contribution is -2.22. The summed E-state index contributed by atoms with van der Waals surface area (Å²) in [5.74, 6) is 0.509. The van der Waals surface area contributed by atoms with E-state index in [2.05, 4.69) is 4.98 Å². The van der Waals surface area contributed by atoms with Crippen molar-refractivity contribution in [3.63, 3.8) is 0 Å². The molecule has 0 amide bonds. The maximum absolute atomic E-state index is 12.8. The van der Waals surface area contributed by atoms with Gasteiger partial charge in [0.2, 0.25) is 0 Å². The fraction of sp³-hybridized carbons (Fsp3) is 0.222. The lowest BCUT2D eigenvalue weighted by Gasteiger charge is -2.12. The lowest BCUT2D eigenvalue weighted by molar-refractivity contribution is 0.415. The van der Waals surface area contributed by atoms with Crippen molar-refractivity contribution in [2.75, 3.05) is 12.9 Å². The van der Waals surface area contributed by atoms with Gasteiger partial charge in [0.15, 0.2) is 9.84 Å². The predicted octanol–water partition coefficient (Wildman–Crippen LogP) is 2.90. The van der Waals surface area contributed by atoms with Gasteiger partial charge < -0.3 is 4.74 Å². The average Bonchev–Trinajstić information content (AvgIpc) is 2.63. The number of sulfone groups is 1. The smallest absolute Gasteiger partial charge is 0.261 e. The molecule has 1 aromatic heterocycles. The van der Waals surface area contributed by atoms with Crippen molar-refractivity contribution in [2.45, 2.75) is 18.4 Å². The van der Waals surface area contributed by atoms with Gasteiger partial charge in [0.1, 0.15) is 5.75 Å². The zero-order valence-corrected chi connectivity index (χ0v) is 15.8. The number of methoxy groups -OCH3 is 1. The highest BCUT2D eigenvalue weighted by Gasteiger charge is 2.18. The van der Waals surface area contributed by atoms with Gasteiger partial charge in [-0.1, -0.05) is 18.5 Å². The normalized spacial score (nSPS) is 11.7. The van der Waals surface area contributed by atoms with Crippen LogP contribution in [0.2, 0.25) is 5.02 Å². The Balaban J connectivity index is 2.14. The molecule has 136 valence electrons. The first-order chi connectivity index (χ1) is 12.4. The molecule has 0 bridgehead atoms. The Kier molecular flexibility index (Phi) is 5.02. The minimum Gasteiger partial charge on any atom is -0.497 e. The van der Waals surface area contributed by atoms with Gasteiger partial charge in [-0.25, -0.2) is 13.4 Å². The number of rotatable bonds is 5. The Hall–Kier alpha value is -2.38. The highest BCUT2D eigenvalue weighted by Crippen LogP contribution is 2.23. The summed E-state index contributed by atoms with van der Waals surface area (Å²) in [5, 5.41) is 0.798. The molecule has 0 saturated carbocycles. The van der Waals surface area contributed by atoms with E-state index >= 15 is 0 Å². The molecule has 6 nitrogen and oxygen atoms in total. The number of aromatic nitrogens is 2. The summed E-state index contributed by atoms with van der Waals surface area (Å²) in [6.45, 7) is 1.62. The fourth-order valence-corrected chi connectivity index (χ4v) is 4.00. The molecule has 0 aliphatic heterocycles. The highest BCUT2D eigenvalue weighted by molar-refractivity contribution is 7.91. The third-order valence-corrected chi connectivity index (χ3v) is 6.17. The Bertz CT molecular complexity index is 1140. The van der Waals surface area contributed by atoms with Crippen molar-refractivity contribution in [1.29, 1.82) is 0 Å². The van der Waals surface area contributed by atoms with E-state index in [0.717, 1.165) is 0 Å². The van der Waals surface area contributed by atoms with Crippen molar-refractivity contribution >= 4 is 32.3 Å². The number of hydrogen-bond donors (Lipinski definition) is 0. The van der Waals surface area contributed by atoms with Crippen LogP contribution in [0, 0.1) is 0 Å². The van der Waals surface area contributed by atoms with E-state index < -0.39 is 9.84 Å². The van der Waals surface area contributed by atoms with Gasteiger partial charge in [-0.15, -0.1) is 0 Å². The van der Waals surface area contributed by atoms with Gasteiger partial charge in [-0.2, -0.15) is 0 Å². The molecule has 0 fully saturated rings. The van der Waals surface area contributed by atoms with Gasteiger partial charge in [-0.3, -0.25) is 9.36 Å². The molecule has 8 heteroatoms. The molecule has 0 aliphatic rings. The Morgan fingerprint density at radius 3 is 2.65 bits per heavy atom. The molecular formula is C18H17ClN2O4S. The van der Waals surface area contributed by atoms with Crippen LogP contribution in [0.3, 0.4) is 0 Å². The molecule has 0 N–H and O–H groups in total. The second-order valence-corrected chi connectivity index (χ2v) is 8.40. The molecule has 1 heterocycles. The summed E-state index contributed by atoms with van der Waals surface area (Å²) in [5.41, 5.74) is 0.707. The van der Waals surface area contributed by atoms with E-state index in [4.69, 9.17) is 16.3 Å². The largest absolute Gasteiger partial charge is 0.497 e. The predicted molar refractivity (Wildman–Crippen MR) is 101 cm³/mol. The SMILES string of the molecule is CCS(=O)(=O)c1ccc(Cl)cc1Cn1cnc2ccc(OC)cc2c1=O. The van der Waals surface area contributed by atoms with Crippen molar-refractivity contribution in [3.8, 4) is 5.75 Å². The molecule has 0 radical (unpaired) electrons. The molecule has 0 unspecified atom stereocenters. The van der Waals surface area contributed by atoms with Crippen LogP contribution in [-0.4, -0.2) is 30.8 Å². The topological polar surface area (TPSA) is 78.3 Å². The number of benzene rings is 2. The van der Waals surface area contributed by atoms with E-state index in [1.165, 1.54) is 30.1 Å². The molecule has 26 heavy (non-hydrogen) atoms. The van der Waals surface area contributed by atoms with E-state index in [1.54, 1.807) is 31.2 Å². The van der Waals surface area contributed by atoms with Crippen molar-refractivity contribution in [2.24, 2.45) is 0 Å². The number of ether oxygens (including phenoxy) is 1. The molecule has 2 aromatic carbocycles. The quantitative estimate of drug-likeness (QED) is 0.667. The first kappa shape index (κ1) is 18.4. The fourth-order valence-electron chi connectivity index (χ4n) is 2.69. The molecule has 0 aliphatic carbocycles. The van der Waals surface area contributed by atoms with Crippen LogP contribution in [0.4, 0.5) is 0 Å². The lowest BCUT2D eigenvalue weighted by atomic mass is 10.2. The van der Waals surface area contributed by atoms with E-state index in [0.29, 0.717) is 27.2 Å². The standard InChI is InChI=1S/C18H17ClN2O4S/c1-3-26(23,24)17-7-4-13(19)8-12(17)10-21-11-20-16-6-5-14(25-2)9-15(16)18(21)22/h4-9,11H,3,10H2,1-2H3. The Labute approximate surface area is 155 Å². The number of nitrogens with zero attached hydrogens (tertiary/aromatic N) is 2. The minimum atomic E-state index is -3.45. The van der Waals surface area contributed by atoms with Gasteiger partial charge in [0.25, 0.3) is 5.56 Å². The maximum Gasteiger partial charge on any atom is 0.261 e. The van der Waals surface area contributed by atoms with E-state index in [9.17, 15) is 13.2 Å². The summed E-state index contributed by atoms with van der Waals surface area (Å²) in [6.07, 6.45) is 1.40. The van der Waals surface area contributed by atoms with Crippen LogP contribution in [0.25, 0.3) is 10.9 Å². The molecular weight excluding hydrogens is 376 g/mol. The molecule has 3 rings (SSSR count). The number of hydrogen-bond acceptors (Lipinski definition) is 5. The Morgan fingerprint density at radius 2 is 1.96 bits per heavy atom. The van der Waals surface area contributed by atoms with Crippen LogP contribution in [0.5, 0.6) is 5.75 Å². The van der Waals surface area contributed by atoms with Gasteiger partial charge in [-0.05, 0) is 42.0 Å². The Morgan fingerprint density at radius 1 is 1.19 bits per heavy atom. The average molecular weight is 393 g/mol.